The Kier molecular flexibility index (Phi) is 6.34. The molecule has 1 aliphatic rings. The van der Waals surface area contributed by atoms with Crippen molar-refractivity contribution in [2.75, 3.05) is 12.4 Å². The number of esters is 1. The molecule has 5 nitrogen and oxygen atoms in total. The molecule has 1 aliphatic carbocycles. The van der Waals surface area contributed by atoms with Gasteiger partial charge in [0.15, 0.2) is 6.10 Å². The van der Waals surface area contributed by atoms with E-state index in [-0.39, 0.29) is 12.3 Å². The van der Waals surface area contributed by atoms with Crippen LogP contribution >= 0.6 is 0 Å². The molecule has 28 heavy (non-hydrogen) atoms. The second-order valence-electron chi connectivity index (χ2n) is 7.31. The summed E-state index contributed by atoms with van der Waals surface area (Å²) in [7, 11) is 1.54. The Hall–Kier alpha value is -2.82. The molecule has 0 aliphatic heterocycles. The molecule has 0 unspecified atom stereocenters. The smallest absolute Gasteiger partial charge is 0.311 e. The fourth-order valence-electron chi connectivity index (χ4n) is 3.51. The summed E-state index contributed by atoms with van der Waals surface area (Å²) in [5.74, 6) is -0.233. The van der Waals surface area contributed by atoms with Crippen molar-refractivity contribution in [3.8, 4) is 5.75 Å². The predicted octanol–water partition coefficient (Wildman–Crippen LogP) is 4.00. The van der Waals surface area contributed by atoms with Gasteiger partial charge in [-0.3, -0.25) is 9.59 Å². The van der Waals surface area contributed by atoms with Gasteiger partial charge in [0, 0.05) is 0 Å². The van der Waals surface area contributed by atoms with Crippen molar-refractivity contribution in [1.29, 1.82) is 0 Å². The molecule has 0 saturated carbocycles. The minimum absolute atomic E-state index is 0.165. The number of carbonyl (C=O) groups is 2. The average Bonchev–Trinajstić information content (AvgIpc) is 2.68. The van der Waals surface area contributed by atoms with Crippen LogP contribution in [0.4, 0.5) is 5.69 Å². The average molecular weight is 381 g/mol. The third-order valence-corrected chi connectivity index (χ3v) is 5.05. The number of nitrogens with one attached hydrogen (secondary N) is 1. The Morgan fingerprint density at radius 3 is 2.57 bits per heavy atom. The maximum atomic E-state index is 12.4. The second kappa shape index (κ2) is 8.91. The van der Waals surface area contributed by atoms with Crippen LogP contribution in [0.1, 0.15) is 42.0 Å². The maximum Gasteiger partial charge on any atom is 0.311 e. The van der Waals surface area contributed by atoms with Crippen LogP contribution < -0.4 is 10.1 Å². The van der Waals surface area contributed by atoms with Crippen LogP contribution in [-0.2, 0) is 33.6 Å². The molecule has 1 N–H and O–H groups in total. The monoisotopic (exact) mass is 381 g/mol. The summed E-state index contributed by atoms with van der Waals surface area (Å²) in [6.45, 7) is 3.50. The van der Waals surface area contributed by atoms with E-state index in [2.05, 4.69) is 17.4 Å². The fourth-order valence-corrected chi connectivity index (χ4v) is 3.51. The summed E-state index contributed by atoms with van der Waals surface area (Å²) in [6.07, 6.45) is 3.87. The van der Waals surface area contributed by atoms with Crippen molar-refractivity contribution in [3.05, 3.63) is 58.7 Å². The number of benzene rings is 2. The lowest BCUT2D eigenvalue weighted by Gasteiger charge is -2.17. The molecule has 1 atom stereocenters. The number of anilines is 1. The van der Waals surface area contributed by atoms with Crippen molar-refractivity contribution in [3.63, 3.8) is 0 Å². The maximum absolute atomic E-state index is 12.4. The number of fused-ring (bicyclic) bond motifs is 1. The van der Waals surface area contributed by atoms with Gasteiger partial charge in [0.1, 0.15) is 5.75 Å². The number of ether oxygens (including phenoxy) is 2. The van der Waals surface area contributed by atoms with E-state index in [1.807, 2.05) is 25.1 Å². The molecule has 2 aromatic carbocycles. The summed E-state index contributed by atoms with van der Waals surface area (Å²) in [4.78, 5) is 24.7. The third-order valence-electron chi connectivity index (χ3n) is 5.05. The SMILES string of the molecule is COc1ccc(C)cc1NC(=O)[C@H](C)OC(=O)Cc1ccc2c(c1)CCCC2. The Labute approximate surface area is 166 Å². The summed E-state index contributed by atoms with van der Waals surface area (Å²) >= 11 is 0. The van der Waals surface area contributed by atoms with Crippen molar-refractivity contribution >= 4 is 17.6 Å². The topological polar surface area (TPSA) is 64.6 Å². The first-order valence-corrected chi connectivity index (χ1v) is 9.72. The Morgan fingerprint density at radius 1 is 1.07 bits per heavy atom. The zero-order valence-electron chi connectivity index (χ0n) is 16.7. The number of hydrogen-bond acceptors (Lipinski definition) is 4. The van der Waals surface area contributed by atoms with Gasteiger partial charge in [-0.05, 0) is 73.9 Å². The van der Waals surface area contributed by atoms with Crippen LogP contribution in [0.25, 0.3) is 0 Å². The summed E-state index contributed by atoms with van der Waals surface area (Å²) in [5.41, 5.74) is 5.19. The first-order valence-electron chi connectivity index (χ1n) is 9.72. The number of hydrogen-bond donors (Lipinski definition) is 1. The number of methoxy groups -OCH3 is 1. The van der Waals surface area contributed by atoms with Crippen molar-refractivity contribution in [2.45, 2.75) is 52.1 Å². The normalized spacial score (nSPS) is 14.0. The molecule has 0 heterocycles. The number of carbonyl (C=O) groups excluding carboxylic acids is 2. The predicted molar refractivity (Wildman–Crippen MR) is 109 cm³/mol. The zero-order chi connectivity index (χ0) is 20.1. The molecule has 148 valence electrons. The highest BCUT2D eigenvalue weighted by Crippen LogP contribution is 2.26. The first kappa shape index (κ1) is 19.9. The molecule has 0 aromatic heterocycles. The van der Waals surface area contributed by atoms with Crippen LogP contribution in [0.2, 0.25) is 0 Å². The van der Waals surface area contributed by atoms with Gasteiger partial charge in [0.05, 0.1) is 19.2 Å². The molecule has 0 fully saturated rings. The minimum Gasteiger partial charge on any atom is -0.495 e. The van der Waals surface area contributed by atoms with Gasteiger partial charge >= 0.3 is 5.97 Å². The second-order valence-corrected chi connectivity index (χ2v) is 7.31. The zero-order valence-corrected chi connectivity index (χ0v) is 16.7. The van der Waals surface area contributed by atoms with Gasteiger partial charge in [0.25, 0.3) is 5.91 Å². The highest BCUT2D eigenvalue weighted by atomic mass is 16.5. The molecule has 3 rings (SSSR count). The van der Waals surface area contributed by atoms with E-state index in [1.54, 1.807) is 20.1 Å². The van der Waals surface area contributed by atoms with Gasteiger partial charge in [0.2, 0.25) is 0 Å². The first-order chi connectivity index (χ1) is 13.5. The summed E-state index contributed by atoms with van der Waals surface area (Å²) in [6, 6.07) is 11.7. The molecule has 5 heteroatoms. The Bertz CT molecular complexity index is 875. The standard InChI is InChI=1S/C23H27NO4/c1-15-8-11-21(27-3)20(12-15)24-23(26)16(2)28-22(25)14-17-9-10-18-6-4-5-7-19(18)13-17/h8-13,16H,4-7,14H2,1-3H3,(H,24,26)/t16-/m0/s1. The third kappa shape index (κ3) is 4.91. The quantitative estimate of drug-likeness (QED) is 0.769. The lowest BCUT2D eigenvalue weighted by Crippen LogP contribution is -2.30. The molecule has 0 radical (unpaired) electrons. The lowest BCUT2D eigenvalue weighted by atomic mass is 9.90. The van der Waals surface area contributed by atoms with Crippen molar-refractivity contribution < 1.29 is 19.1 Å². The Balaban J connectivity index is 1.58. The molecule has 0 saturated heterocycles. The molecule has 1 amide bonds. The van der Waals surface area contributed by atoms with E-state index in [9.17, 15) is 9.59 Å². The fraction of sp³-hybridized carbons (Fsp3) is 0.391. The number of rotatable bonds is 6. The highest BCUT2D eigenvalue weighted by molar-refractivity contribution is 5.96. The van der Waals surface area contributed by atoms with E-state index in [4.69, 9.17) is 9.47 Å². The molecule has 2 aromatic rings. The number of aryl methyl sites for hydroxylation is 3. The largest absolute Gasteiger partial charge is 0.495 e. The molecular formula is C23H27NO4. The van der Waals surface area contributed by atoms with Crippen LogP contribution in [0.3, 0.4) is 0 Å². The van der Waals surface area contributed by atoms with E-state index in [0.717, 1.165) is 24.0 Å². The lowest BCUT2D eigenvalue weighted by molar-refractivity contribution is -0.152. The summed E-state index contributed by atoms with van der Waals surface area (Å²) in [5, 5.41) is 2.77. The molecular weight excluding hydrogens is 354 g/mol. The van der Waals surface area contributed by atoms with Gasteiger partial charge in [-0.25, -0.2) is 0 Å². The van der Waals surface area contributed by atoms with Gasteiger partial charge < -0.3 is 14.8 Å². The Morgan fingerprint density at radius 2 is 1.82 bits per heavy atom. The van der Waals surface area contributed by atoms with E-state index in [1.165, 1.54) is 24.0 Å². The van der Waals surface area contributed by atoms with E-state index >= 15 is 0 Å². The van der Waals surface area contributed by atoms with Crippen LogP contribution in [0.15, 0.2) is 36.4 Å². The van der Waals surface area contributed by atoms with Gasteiger partial charge in [-0.15, -0.1) is 0 Å². The van der Waals surface area contributed by atoms with Gasteiger partial charge in [-0.2, -0.15) is 0 Å². The van der Waals surface area contributed by atoms with E-state index in [0.29, 0.717) is 11.4 Å². The van der Waals surface area contributed by atoms with E-state index < -0.39 is 12.1 Å². The molecule has 0 bridgehead atoms. The summed E-state index contributed by atoms with van der Waals surface area (Å²) < 4.78 is 10.6. The number of amides is 1. The van der Waals surface area contributed by atoms with Crippen molar-refractivity contribution in [1.82, 2.24) is 0 Å². The van der Waals surface area contributed by atoms with Gasteiger partial charge in [-0.1, -0.05) is 24.3 Å². The molecule has 0 spiro atoms. The van der Waals surface area contributed by atoms with Crippen LogP contribution in [-0.4, -0.2) is 25.1 Å². The van der Waals surface area contributed by atoms with Crippen molar-refractivity contribution in [2.24, 2.45) is 0 Å². The minimum atomic E-state index is -0.893. The van der Waals surface area contributed by atoms with Crippen LogP contribution in [0, 0.1) is 6.92 Å². The highest BCUT2D eigenvalue weighted by Gasteiger charge is 2.20. The van der Waals surface area contributed by atoms with Crippen LogP contribution in [0.5, 0.6) is 5.75 Å².